The minimum atomic E-state index is -0.814. The van der Waals surface area contributed by atoms with E-state index in [0.717, 1.165) is 27.6 Å². The van der Waals surface area contributed by atoms with E-state index in [1.165, 1.54) is 5.01 Å². The lowest BCUT2D eigenvalue weighted by Gasteiger charge is -2.46. The summed E-state index contributed by atoms with van der Waals surface area (Å²) >= 11 is 0. The fourth-order valence-electron chi connectivity index (χ4n) is 5.98. The summed E-state index contributed by atoms with van der Waals surface area (Å²) in [6, 6.07) is 23.8. The minimum absolute atomic E-state index is 0.0287. The maximum absolute atomic E-state index is 14.2. The van der Waals surface area contributed by atoms with Crippen molar-refractivity contribution in [3.05, 3.63) is 114 Å². The van der Waals surface area contributed by atoms with Crippen molar-refractivity contribution in [2.45, 2.75) is 25.3 Å². The Balaban J connectivity index is 1.34. The first-order valence-electron chi connectivity index (χ1n) is 14.0. The first-order valence-corrected chi connectivity index (χ1v) is 14.0. The van der Waals surface area contributed by atoms with Crippen molar-refractivity contribution in [3.8, 4) is 0 Å². The number of benzene rings is 3. The van der Waals surface area contributed by atoms with Crippen LogP contribution in [0.15, 0.2) is 97.7 Å². The number of aryl methyl sites for hydroxylation is 1. The summed E-state index contributed by atoms with van der Waals surface area (Å²) < 4.78 is 1.81. The number of hydrogen-bond donors (Lipinski definition) is 1. The van der Waals surface area contributed by atoms with Gasteiger partial charge in [0.25, 0.3) is 5.91 Å². The first-order chi connectivity index (χ1) is 20.5. The number of piperazine rings is 1. The highest BCUT2D eigenvalue weighted by Crippen LogP contribution is 2.36. The van der Waals surface area contributed by atoms with Gasteiger partial charge in [-0.3, -0.25) is 19.3 Å². The third-order valence-corrected chi connectivity index (χ3v) is 7.91. The molecule has 0 radical (unpaired) electrons. The number of carbonyl (C=O) groups excluding carboxylic acids is 3. The zero-order valence-electron chi connectivity index (χ0n) is 23.5. The van der Waals surface area contributed by atoms with Crippen LogP contribution in [0.2, 0.25) is 0 Å². The van der Waals surface area contributed by atoms with Gasteiger partial charge >= 0.3 is 6.03 Å². The van der Waals surface area contributed by atoms with E-state index >= 15 is 0 Å². The molecule has 42 heavy (non-hydrogen) atoms. The smallest absolute Gasteiger partial charge is 0.332 e. The summed E-state index contributed by atoms with van der Waals surface area (Å²) in [4.78, 5) is 44.7. The third kappa shape index (κ3) is 5.01. The Morgan fingerprint density at radius 3 is 2.52 bits per heavy atom. The van der Waals surface area contributed by atoms with Gasteiger partial charge in [-0.1, -0.05) is 84.9 Å². The Kier molecular flexibility index (Phi) is 7.45. The first kappa shape index (κ1) is 27.2. The number of fused-ring (bicyclic) bond motifs is 2. The zero-order chi connectivity index (χ0) is 29.2. The van der Waals surface area contributed by atoms with Crippen LogP contribution in [0.1, 0.15) is 22.7 Å². The molecule has 0 bridgehead atoms. The van der Waals surface area contributed by atoms with Crippen LogP contribution in [0.25, 0.3) is 10.9 Å². The number of nitrogens with one attached hydrogen (secondary N) is 1. The predicted octanol–water partition coefficient (Wildman–Crippen LogP) is 3.44. The molecule has 214 valence electrons. The highest BCUT2D eigenvalue weighted by molar-refractivity contribution is 5.93. The molecule has 0 aliphatic carbocycles. The van der Waals surface area contributed by atoms with E-state index < -0.39 is 12.2 Å². The molecule has 2 aliphatic heterocycles. The van der Waals surface area contributed by atoms with Gasteiger partial charge in [0.2, 0.25) is 5.91 Å². The highest BCUT2D eigenvalue weighted by atomic mass is 16.2. The fourth-order valence-corrected chi connectivity index (χ4v) is 5.98. The molecule has 2 fully saturated rings. The van der Waals surface area contributed by atoms with Crippen LogP contribution in [0.4, 0.5) is 4.79 Å². The SMILES string of the molecule is C=CCN(C(=O)NCc1ccccc1)N1CC(=O)N2[C@@H](c3ccccc3)C(=O)N(Cc3cccc4cnn(C)c34)C[C@@H]21. The number of para-hydroxylation sites is 1. The normalized spacial score (nSPS) is 18.8. The number of hydrogen-bond acceptors (Lipinski definition) is 5. The van der Waals surface area contributed by atoms with Crippen molar-refractivity contribution >= 4 is 28.7 Å². The molecule has 2 aliphatic rings. The zero-order valence-corrected chi connectivity index (χ0v) is 23.5. The molecule has 10 nitrogen and oxygen atoms in total. The van der Waals surface area contributed by atoms with Gasteiger partial charge in [0.15, 0.2) is 0 Å². The number of rotatable bonds is 8. The van der Waals surface area contributed by atoms with E-state index in [2.05, 4.69) is 17.0 Å². The molecular formula is C32H33N7O3. The van der Waals surface area contributed by atoms with Crippen LogP contribution in [0.3, 0.4) is 0 Å². The van der Waals surface area contributed by atoms with Gasteiger partial charge in [0.1, 0.15) is 12.2 Å². The number of urea groups is 1. The van der Waals surface area contributed by atoms with Crippen molar-refractivity contribution in [3.63, 3.8) is 0 Å². The van der Waals surface area contributed by atoms with Gasteiger partial charge in [-0.15, -0.1) is 6.58 Å². The van der Waals surface area contributed by atoms with Gasteiger partial charge < -0.3 is 15.1 Å². The Morgan fingerprint density at radius 2 is 1.79 bits per heavy atom. The highest BCUT2D eigenvalue weighted by Gasteiger charge is 2.52. The van der Waals surface area contributed by atoms with Crippen LogP contribution in [-0.2, 0) is 29.7 Å². The van der Waals surface area contributed by atoms with Crippen molar-refractivity contribution in [1.82, 2.24) is 34.9 Å². The number of carbonyl (C=O) groups is 3. The monoisotopic (exact) mass is 563 g/mol. The summed E-state index contributed by atoms with van der Waals surface area (Å²) in [7, 11) is 1.89. The number of hydrazine groups is 1. The topological polar surface area (TPSA) is 94.0 Å². The molecule has 0 saturated carbocycles. The Bertz CT molecular complexity index is 1620. The lowest BCUT2D eigenvalue weighted by Crippen LogP contribution is -2.62. The molecule has 4 amide bonds. The summed E-state index contributed by atoms with van der Waals surface area (Å²) in [6.07, 6.45) is 2.90. The van der Waals surface area contributed by atoms with Crippen molar-refractivity contribution < 1.29 is 14.4 Å². The molecule has 0 unspecified atom stereocenters. The Morgan fingerprint density at radius 1 is 1.05 bits per heavy atom. The van der Waals surface area contributed by atoms with Crippen molar-refractivity contribution in [1.29, 1.82) is 0 Å². The molecule has 1 N–H and O–H groups in total. The van der Waals surface area contributed by atoms with E-state index in [9.17, 15) is 14.4 Å². The molecule has 3 heterocycles. The van der Waals surface area contributed by atoms with E-state index in [0.29, 0.717) is 13.1 Å². The second-order valence-corrected chi connectivity index (χ2v) is 10.5. The Hall–Kier alpha value is -4.96. The average molecular weight is 564 g/mol. The van der Waals surface area contributed by atoms with Gasteiger partial charge in [-0.05, 0) is 16.7 Å². The minimum Gasteiger partial charge on any atom is -0.333 e. The standard InChI is InChI=1S/C32H33N7O3/c1-3-17-37(32(42)33-18-23-11-6-4-7-12-23)38-22-28(40)39-27(38)21-36(31(41)30(39)24-13-8-5-9-14-24)20-26-16-10-15-25-19-34-35(2)29(25)26/h3-16,19,27,30H,1,17-18,20-22H2,2H3,(H,33,42)/t27-,30+/m1/s1. The second-order valence-electron chi connectivity index (χ2n) is 10.5. The van der Waals surface area contributed by atoms with Crippen LogP contribution >= 0.6 is 0 Å². The molecule has 2 atom stereocenters. The quantitative estimate of drug-likeness (QED) is 0.332. The lowest BCUT2D eigenvalue weighted by atomic mass is 10.00. The molecule has 6 rings (SSSR count). The molecule has 0 spiro atoms. The van der Waals surface area contributed by atoms with Crippen LogP contribution in [-0.4, -0.2) is 73.2 Å². The van der Waals surface area contributed by atoms with E-state index in [1.807, 2.05) is 96.8 Å². The molecule has 10 heteroatoms. The van der Waals surface area contributed by atoms with Gasteiger partial charge in [-0.25, -0.2) is 4.79 Å². The van der Waals surface area contributed by atoms with Crippen molar-refractivity contribution in [2.75, 3.05) is 19.6 Å². The lowest BCUT2D eigenvalue weighted by molar-refractivity contribution is -0.158. The number of amides is 4. The average Bonchev–Trinajstić information content (AvgIpc) is 3.55. The fraction of sp³-hybridized carbons (Fsp3) is 0.250. The van der Waals surface area contributed by atoms with Gasteiger partial charge in [0.05, 0.1) is 31.3 Å². The largest absolute Gasteiger partial charge is 0.333 e. The van der Waals surface area contributed by atoms with E-state index in [4.69, 9.17) is 0 Å². The molecule has 3 aromatic carbocycles. The maximum atomic E-state index is 14.2. The van der Waals surface area contributed by atoms with Crippen LogP contribution in [0, 0.1) is 0 Å². The van der Waals surface area contributed by atoms with Crippen LogP contribution < -0.4 is 5.32 Å². The van der Waals surface area contributed by atoms with E-state index in [-0.39, 0.29) is 37.5 Å². The summed E-state index contributed by atoms with van der Waals surface area (Å²) in [5, 5.41) is 11.7. The summed E-state index contributed by atoms with van der Waals surface area (Å²) in [5.74, 6) is -0.365. The maximum Gasteiger partial charge on any atom is 0.332 e. The Labute approximate surface area is 244 Å². The molecular weight excluding hydrogens is 530 g/mol. The van der Waals surface area contributed by atoms with Crippen LogP contribution in [0.5, 0.6) is 0 Å². The molecule has 4 aromatic rings. The molecule has 2 saturated heterocycles. The third-order valence-electron chi connectivity index (χ3n) is 7.91. The van der Waals surface area contributed by atoms with Gasteiger partial charge in [-0.2, -0.15) is 10.1 Å². The second kappa shape index (κ2) is 11.5. The predicted molar refractivity (Wildman–Crippen MR) is 158 cm³/mol. The van der Waals surface area contributed by atoms with Gasteiger partial charge in [0, 0.05) is 25.5 Å². The summed E-state index contributed by atoms with van der Waals surface area (Å²) in [5.41, 5.74) is 3.61. The van der Waals surface area contributed by atoms with E-state index in [1.54, 1.807) is 20.9 Å². The molecule has 1 aromatic heterocycles. The van der Waals surface area contributed by atoms with Crippen molar-refractivity contribution in [2.24, 2.45) is 7.05 Å². The number of aromatic nitrogens is 2. The summed E-state index contributed by atoms with van der Waals surface area (Å²) in [6.45, 7) is 4.95. The number of nitrogens with zero attached hydrogens (tertiary/aromatic N) is 6.